The number of nitrogens with one attached hydrogen (secondary N) is 1. The van der Waals surface area contributed by atoms with Crippen molar-refractivity contribution in [2.45, 2.75) is 19.9 Å². The molecule has 0 aliphatic carbocycles. The summed E-state index contributed by atoms with van der Waals surface area (Å²) >= 11 is 7.77. The van der Waals surface area contributed by atoms with Gasteiger partial charge in [0.25, 0.3) is 0 Å². The van der Waals surface area contributed by atoms with Gasteiger partial charge < -0.3 is 10.2 Å². The van der Waals surface area contributed by atoms with Crippen molar-refractivity contribution >= 4 is 34.4 Å². The summed E-state index contributed by atoms with van der Waals surface area (Å²) in [6.07, 6.45) is 4.41. The van der Waals surface area contributed by atoms with Gasteiger partial charge in [-0.25, -0.2) is 15.0 Å². The molecule has 0 saturated carbocycles. The van der Waals surface area contributed by atoms with E-state index in [-0.39, 0.29) is 0 Å². The Balaban J connectivity index is 2.20. The monoisotopic (exact) mass is 297 g/mol. The number of thiazole rings is 1. The lowest BCUT2D eigenvalue weighted by Gasteiger charge is -2.19. The number of anilines is 2. The maximum Gasteiger partial charge on any atom is 0.157 e. The molecule has 102 valence electrons. The third kappa shape index (κ3) is 3.13. The van der Waals surface area contributed by atoms with Crippen LogP contribution >= 0.6 is 22.9 Å². The van der Waals surface area contributed by atoms with Crippen molar-refractivity contribution in [3.05, 3.63) is 27.6 Å². The largest absolute Gasteiger partial charge is 0.383 e. The van der Waals surface area contributed by atoms with E-state index in [0.29, 0.717) is 11.7 Å². The minimum Gasteiger partial charge on any atom is -0.383 e. The van der Waals surface area contributed by atoms with Crippen LogP contribution in [-0.4, -0.2) is 29.0 Å². The van der Waals surface area contributed by atoms with E-state index in [9.17, 15) is 0 Å². The molecule has 0 atom stereocenters. The molecule has 0 radical (unpaired) electrons. The van der Waals surface area contributed by atoms with E-state index in [1.54, 1.807) is 18.4 Å². The van der Waals surface area contributed by atoms with Crippen LogP contribution in [0.1, 0.15) is 16.8 Å². The Morgan fingerprint density at radius 2 is 2.16 bits per heavy atom. The van der Waals surface area contributed by atoms with Crippen molar-refractivity contribution in [2.75, 3.05) is 24.3 Å². The van der Waals surface area contributed by atoms with Gasteiger partial charge in [0, 0.05) is 25.2 Å². The second-order valence-electron chi connectivity index (χ2n) is 4.04. The number of halogens is 1. The van der Waals surface area contributed by atoms with Crippen LogP contribution in [0.3, 0.4) is 0 Å². The standard InChI is InChI=1S/C12H16ClN5S/c1-4-8-5-15-9(19-8)6-18(3)12-10(14-2)11(13)16-7-17-12/h5,7,14H,4,6H2,1-3H3. The zero-order valence-electron chi connectivity index (χ0n) is 11.1. The molecule has 0 aliphatic rings. The van der Waals surface area contributed by atoms with Gasteiger partial charge in [0.05, 0.1) is 6.54 Å². The molecule has 0 bridgehead atoms. The lowest BCUT2D eigenvalue weighted by Crippen LogP contribution is -2.19. The second kappa shape index (κ2) is 6.16. The molecule has 2 heterocycles. The third-order valence-corrected chi connectivity index (χ3v) is 4.13. The number of hydrogen-bond acceptors (Lipinski definition) is 6. The zero-order valence-corrected chi connectivity index (χ0v) is 12.7. The van der Waals surface area contributed by atoms with Crippen LogP contribution in [0.2, 0.25) is 5.15 Å². The van der Waals surface area contributed by atoms with Gasteiger partial charge in [-0.1, -0.05) is 18.5 Å². The van der Waals surface area contributed by atoms with E-state index in [1.807, 2.05) is 18.1 Å². The topological polar surface area (TPSA) is 53.9 Å². The molecule has 0 aromatic carbocycles. The molecule has 0 spiro atoms. The number of hydrogen-bond donors (Lipinski definition) is 1. The summed E-state index contributed by atoms with van der Waals surface area (Å²) in [6.45, 7) is 2.83. The van der Waals surface area contributed by atoms with Crippen molar-refractivity contribution in [3.63, 3.8) is 0 Å². The van der Waals surface area contributed by atoms with Gasteiger partial charge in [-0.2, -0.15) is 0 Å². The average molecular weight is 298 g/mol. The summed E-state index contributed by atoms with van der Waals surface area (Å²) < 4.78 is 0. The summed E-state index contributed by atoms with van der Waals surface area (Å²) in [5, 5.41) is 4.52. The molecular weight excluding hydrogens is 282 g/mol. The zero-order chi connectivity index (χ0) is 13.8. The maximum absolute atomic E-state index is 6.05. The molecule has 0 saturated heterocycles. The summed E-state index contributed by atoms with van der Waals surface area (Å²) in [6, 6.07) is 0. The molecule has 0 amide bonds. The number of nitrogens with zero attached hydrogens (tertiary/aromatic N) is 4. The van der Waals surface area contributed by atoms with Crippen LogP contribution in [0, 0.1) is 0 Å². The fraction of sp³-hybridized carbons (Fsp3) is 0.417. The van der Waals surface area contributed by atoms with Crippen LogP contribution in [0.5, 0.6) is 0 Å². The minimum atomic E-state index is 0.424. The molecule has 19 heavy (non-hydrogen) atoms. The molecule has 0 unspecified atom stereocenters. The number of aryl methyl sites for hydroxylation is 1. The summed E-state index contributed by atoms with van der Waals surface area (Å²) in [5.74, 6) is 0.774. The first-order chi connectivity index (χ1) is 9.15. The van der Waals surface area contributed by atoms with Gasteiger partial charge in [-0.05, 0) is 6.42 Å². The van der Waals surface area contributed by atoms with E-state index in [1.165, 1.54) is 11.2 Å². The molecule has 2 aromatic heterocycles. The van der Waals surface area contributed by atoms with Gasteiger partial charge in [0.2, 0.25) is 0 Å². The van der Waals surface area contributed by atoms with Crippen LogP contribution in [-0.2, 0) is 13.0 Å². The summed E-state index contributed by atoms with van der Waals surface area (Å²) in [7, 11) is 3.77. The first-order valence-corrected chi connectivity index (χ1v) is 7.18. The predicted octanol–water partition coefficient (Wildman–Crippen LogP) is 2.83. The Hall–Kier alpha value is -1.40. The molecular formula is C12H16ClN5S. The average Bonchev–Trinajstić information content (AvgIpc) is 2.86. The quantitative estimate of drug-likeness (QED) is 0.860. The molecule has 0 aliphatic heterocycles. The van der Waals surface area contributed by atoms with Crippen molar-refractivity contribution in [1.82, 2.24) is 15.0 Å². The van der Waals surface area contributed by atoms with Crippen LogP contribution < -0.4 is 10.2 Å². The van der Waals surface area contributed by atoms with E-state index in [4.69, 9.17) is 11.6 Å². The lowest BCUT2D eigenvalue weighted by atomic mass is 10.4. The van der Waals surface area contributed by atoms with Gasteiger partial charge in [-0.3, -0.25) is 0 Å². The summed E-state index contributed by atoms with van der Waals surface area (Å²) in [4.78, 5) is 16.0. The molecule has 2 rings (SSSR count). The van der Waals surface area contributed by atoms with E-state index < -0.39 is 0 Å². The highest BCUT2D eigenvalue weighted by molar-refractivity contribution is 7.11. The van der Waals surface area contributed by atoms with Crippen LogP contribution in [0.15, 0.2) is 12.5 Å². The van der Waals surface area contributed by atoms with Gasteiger partial charge in [0.1, 0.15) is 17.0 Å². The van der Waals surface area contributed by atoms with Crippen molar-refractivity contribution in [1.29, 1.82) is 0 Å². The predicted molar refractivity (Wildman–Crippen MR) is 80.2 cm³/mol. The molecule has 7 heteroatoms. The highest BCUT2D eigenvalue weighted by atomic mass is 35.5. The SMILES string of the molecule is CCc1cnc(CN(C)c2ncnc(Cl)c2NC)s1. The normalized spacial score (nSPS) is 10.5. The fourth-order valence-corrected chi connectivity index (χ4v) is 2.86. The van der Waals surface area contributed by atoms with Crippen molar-refractivity contribution in [3.8, 4) is 0 Å². The first-order valence-electron chi connectivity index (χ1n) is 5.98. The van der Waals surface area contributed by atoms with Gasteiger partial charge >= 0.3 is 0 Å². The highest BCUT2D eigenvalue weighted by Gasteiger charge is 2.14. The van der Waals surface area contributed by atoms with Gasteiger partial charge in [0.15, 0.2) is 11.0 Å². The second-order valence-corrected chi connectivity index (χ2v) is 5.60. The Morgan fingerprint density at radius 3 is 2.79 bits per heavy atom. The number of rotatable bonds is 5. The highest BCUT2D eigenvalue weighted by Crippen LogP contribution is 2.29. The van der Waals surface area contributed by atoms with Gasteiger partial charge in [-0.15, -0.1) is 11.3 Å². The Morgan fingerprint density at radius 1 is 1.37 bits per heavy atom. The Bertz CT molecular complexity index is 557. The van der Waals surface area contributed by atoms with E-state index >= 15 is 0 Å². The Labute approximate surface area is 121 Å². The van der Waals surface area contributed by atoms with E-state index in [0.717, 1.165) is 22.9 Å². The molecule has 5 nitrogen and oxygen atoms in total. The smallest absolute Gasteiger partial charge is 0.157 e. The lowest BCUT2D eigenvalue weighted by molar-refractivity contribution is 0.882. The molecule has 1 N–H and O–H groups in total. The van der Waals surface area contributed by atoms with Crippen LogP contribution in [0.4, 0.5) is 11.5 Å². The van der Waals surface area contributed by atoms with E-state index in [2.05, 4.69) is 27.2 Å². The van der Waals surface area contributed by atoms with Crippen molar-refractivity contribution < 1.29 is 0 Å². The maximum atomic E-state index is 6.05. The molecule has 2 aromatic rings. The summed E-state index contributed by atoms with van der Waals surface area (Å²) in [5.41, 5.74) is 0.735. The third-order valence-electron chi connectivity index (χ3n) is 2.71. The fourth-order valence-electron chi connectivity index (χ4n) is 1.72. The molecule has 0 fully saturated rings. The Kier molecular flexibility index (Phi) is 4.55. The number of aromatic nitrogens is 3. The minimum absolute atomic E-state index is 0.424. The van der Waals surface area contributed by atoms with Crippen molar-refractivity contribution in [2.24, 2.45) is 0 Å². The first kappa shape index (κ1) is 14.0. The van der Waals surface area contributed by atoms with Crippen LogP contribution in [0.25, 0.3) is 0 Å².